The van der Waals surface area contributed by atoms with Gasteiger partial charge in [0.15, 0.2) is 0 Å². The monoisotopic (exact) mass is 300 g/mol. The lowest BCUT2D eigenvalue weighted by Gasteiger charge is -2.02. The first kappa shape index (κ1) is 14.8. The molecule has 112 valence electrons. The Morgan fingerprint density at radius 2 is 1.83 bits per heavy atom. The van der Waals surface area contributed by atoms with E-state index in [1.54, 1.807) is 7.11 Å². The lowest BCUT2D eigenvalue weighted by Crippen LogP contribution is -1.86. The summed E-state index contributed by atoms with van der Waals surface area (Å²) in [6.45, 7) is 0. The highest BCUT2D eigenvalue weighted by Gasteiger charge is 2.08. The molecule has 0 N–H and O–H groups in total. The second-order valence-corrected chi connectivity index (χ2v) is 5.07. The summed E-state index contributed by atoms with van der Waals surface area (Å²) in [4.78, 5) is 0. The number of fused-ring (bicyclic) bond motifs is 2. The third-order valence-electron chi connectivity index (χ3n) is 3.51. The summed E-state index contributed by atoms with van der Waals surface area (Å²) >= 11 is 0. The minimum Gasteiger partial charge on any atom is -0.497 e. The van der Waals surface area contributed by atoms with Gasteiger partial charge in [0.25, 0.3) is 0 Å². The van der Waals surface area contributed by atoms with Crippen molar-refractivity contribution in [2.75, 3.05) is 7.11 Å². The van der Waals surface area contributed by atoms with Crippen LogP contribution in [0.1, 0.15) is 6.42 Å². The van der Waals surface area contributed by atoms with E-state index >= 15 is 0 Å². The van der Waals surface area contributed by atoms with Gasteiger partial charge >= 0.3 is 0 Å². The van der Waals surface area contributed by atoms with Gasteiger partial charge in [0.2, 0.25) is 0 Å². The van der Waals surface area contributed by atoms with Gasteiger partial charge in [-0.05, 0) is 53.8 Å². The van der Waals surface area contributed by atoms with Crippen LogP contribution in [0.3, 0.4) is 0 Å². The first-order chi connectivity index (χ1) is 11.3. The number of azo groups is 1. The van der Waals surface area contributed by atoms with E-state index in [4.69, 9.17) is 4.74 Å². The number of hydrogen-bond donors (Lipinski definition) is 0. The maximum absolute atomic E-state index is 5.10. The molecule has 0 saturated heterocycles. The quantitative estimate of drug-likeness (QED) is 0.556. The second kappa shape index (κ2) is 7.24. The molecule has 3 heteroatoms. The molecule has 0 amide bonds. The molecule has 2 aliphatic rings. The van der Waals surface area contributed by atoms with Crippen LogP contribution in [0.25, 0.3) is 0 Å². The summed E-state index contributed by atoms with van der Waals surface area (Å²) in [5.74, 6) is 3.88. The highest BCUT2D eigenvalue weighted by molar-refractivity contribution is 5.55. The molecule has 0 radical (unpaired) electrons. The van der Waals surface area contributed by atoms with Gasteiger partial charge in [-0.15, -0.1) is 5.11 Å². The van der Waals surface area contributed by atoms with Gasteiger partial charge in [0.1, 0.15) is 5.75 Å². The number of rotatable bonds is 2. The van der Waals surface area contributed by atoms with Crippen molar-refractivity contribution in [3.8, 4) is 17.7 Å². The van der Waals surface area contributed by atoms with Crippen LogP contribution < -0.4 is 4.74 Å². The fourth-order valence-corrected chi connectivity index (χ4v) is 2.30. The number of hydrogen-bond acceptors (Lipinski definition) is 3. The molecule has 0 heterocycles. The summed E-state index contributed by atoms with van der Waals surface area (Å²) in [6, 6.07) is 10.1. The molecule has 0 atom stereocenters. The van der Waals surface area contributed by atoms with Crippen LogP contribution in [0.15, 0.2) is 93.7 Å². The lowest BCUT2D eigenvalue weighted by atomic mass is 10.0. The molecule has 0 aliphatic heterocycles. The molecule has 1 aromatic rings. The minimum atomic E-state index is 0.747. The standard InChI is InChI=1S/C20H16N2O/c1-23-20-11-9-19(10-12-20)22-21-14-13-17-8-4-6-16-5-2-3-7-18(17)15-16/h2-12H,15H2,1H3. The largest absolute Gasteiger partial charge is 0.497 e. The zero-order valence-corrected chi connectivity index (χ0v) is 12.9. The summed E-state index contributed by atoms with van der Waals surface area (Å²) in [6.07, 6.45) is 15.3. The second-order valence-electron chi connectivity index (χ2n) is 5.07. The molecule has 0 aromatic heterocycles. The number of allylic oxidation sites excluding steroid dienone is 10. The van der Waals surface area contributed by atoms with Crippen molar-refractivity contribution >= 4 is 5.69 Å². The first-order valence-electron chi connectivity index (χ1n) is 7.36. The molecule has 0 saturated carbocycles. The highest BCUT2D eigenvalue weighted by Crippen LogP contribution is 2.25. The summed E-state index contributed by atoms with van der Waals surface area (Å²) in [7, 11) is 1.63. The average Bonchev–Trinajstić information content (AvgIpc) is 2.94. The Morgan fingerprint density at radius 1 is 1.00 bits per heavy atom. The van der Waals surface area contributed by atoms with Gasteiger partial charge in [-0.3, -0.25) is 0 Å². The molecule has 3 rings (SSSR count). The smallest absolute Gasteiger partial charge is 0.119 e. The molecule has 0 spiro atoms. The molecule has 1 aromatic carbocycles. The molecule has 2 aliphatic carbocycles. The van der Waals surface area contributed by atoms with E-state index in [2.05, 4.69) is 40.4 Å². The summed E-state index contributed by atoms with van der Waals surface area (Å²) in [5, 5.41) is 8.04. The van der Waals surface area contributed by atoms with Crippen molar-refractivity contribution in [3.05, 3.63) is 83.5 Å². The van der Waals surface area contributed by atoms with Crippen LogP contribution in [0.5, 0.6) is 5.75 Å². The number of methoxy groups -OCH3 is 1. The van der Waals surface area contributed by atoms with Gasteiger partial charge in [-0.2, -0.15) is 0 Å². The van der Waals surface area contributed by atoms with E-state index in [-0.39, 0.29) is 0 Å². The molecule has 3 nitrogen and oxygen atoms in total. The van der Waals surface area contributed by atoms with Crippen molar-refractivity contribution in [3.63, 3.8) is 0 Å². The molecular formula is C20H16N2O. The maximum Gasteiger partial charge on any atom is 0.119 e. The molecule has 0 unspecified atom stereocenters. The Bertz CT molecular complexity index is 823. The van der Waals surface area contributed by atoms with Gasteiger partial charge < -0.3 is 4.74 Å². The third kappa shape index (κ3) is 3.96. The zero-order chi connectivity index (χ0) is 15.9. The van der Waals surface area contributed by atoms with Crippen LogP contribution in [0.4, 0.5) is 5.69 Å². The van der Waals surface area contributed by atoms with Crippen LogP contribution in [-0.2, 0) is 0 Å². The number of nitrogens with zero attached hydrogens (tertiary/aromatic N) is 2. The van der Waals surface area contributed by atoms with Crippen LogP contribution in [0, 0.1) is 12.0 Å². The predicted molar refractivity (Wildman–Crippen MR) is 92.4 cm³/mol. The number of ether oxygens (including phenoxy) is 1. The van der Waals surface area contributed by atoms with Crippen LogP contribution in [0.2, 0.25) is 0 Å². The van der Waals surface area contributed by atoms with E-state index < -0.39 is 0 Å². The van der Waals surface area contributed by atoms with Gasteiger partial charge in [0.05, 0.1) is 18.8 Å². The number of benzene rings is 1. The Balaban J connectivity index is 1.73. The van der Waals surface area contributed by atoms with Gasteiger partial charge in [-0.25, -0.2) is 0 Å². The Morgan fingerprint density at radius 3 is 2.65 bits per heavy atom. The van der Waals surface area contributed by atoms with E-state index in [1.807, 2.05) is 48.6 Å². The van der Waals surface area contributed by atoms with Crippen molar-refractivity contribution in [1.82, 2.24) is 0 Å². The van der Waals surface area contributed by atoms with Crippen LogP contribution >= 0.6 is 0 Å². The molecular weight excluding hydrogens is 284 g/mol. The maximum atomic E-state index is 5.10. The minimum absolute atomic E-state index is 0.747. The first-order valence-corrected chi connectivity index (χ1v) is 7.36. The van der Waals surface area contributed by atoms with Gasteiger partial charge in [-0.1, -0.05) is 41.6 Å². The van der Waals surface area contributed by atoms with E-state index in [1.165, 1.54) is 11.1 Å². The molecule has 23 heavy (non-hydrogen) atoms. The van der Waals surface area contributed by atoms with E-state index in [0.717, 1.165) is 23.4 Å². The SMILES string of the molecule is COc1ccc(N=NC#CC2=CC=CC3=CC=CC=C2C3)cc1. The zero-order valence-electron chi connectivity index (χ0n) is 12.9. The fraction of sp³-hybridized carbons (Fsp3) is 0.100. The van der Waals surface area contributed by atoms with Crippen molar-refractivity contribution in [1.29, 1.82) is 0 Å². The topological polar surface area (TPSA) is 34.0 Å². The molecule has 2 bridgehead atoms. The Hall–Kier alpha value is -3.12. The highest BCUT2D eigenvalue weighted by atomic mass is 16.5. The Labute approximate surface area is 136 Å². The summed E-state index contributed by atoms with van der Waals surface area (Å²) < 4.78 is 5.10. The van der Waals surface area contributed by atoms with Crippen LogP contribution in [-0.4, -0.2) is 7.11 Å². The molecule has 0 fully saturated rings. The summed E-state index contributed by atoms with van der Waals surface area (Å²) in [5.41, 5.74) is 4.20. The van der Waals surface area contributed by atoms with E-state index in [0.29, 0.717) is 0 Å². The fourth-order valence-electron chi connectivity index (χ4n) is 2.30. The Kier molecular flexibility index (Phi) is 4.66. The van der Waals surface area contributed by atoms with Crippen molar-refractivity contribution in [2.24, 2.45) is 10.2 Å². The third-order valence-corrected chi connectivity index (χ3v) is 3.51. The normalized spacial score (nSPS) is 15.8. The predicted octanol–water partition coefficient (Wildman–Crippen LogP) is 5.05. The van der Waals surface area contributed by atoms with Crippen molar-refractivity contribution < 1.29 is 4.74 Å². The van der Waals surface area contributed by atoms with Crippen molar-refractivity contribution in [2.45, 2.75) is 6.42 Å². The lowest BCUT2D eigenvalue weighted by molar-refractivity contribution is 0.415. The van der Waals surface area contributed by atoms with Gasteiger partial charge in [0, 0.05) is 5.57 Å². The van der Waals surface area contributed by atoms with E-state index in [9.17, 15) is 0 Å². The average molecular weight is 300 g/mol.